The number of hydrogen-bond acceptors (Lipinski definition) is 3. The first-order valence-corrected chi connectivity index (χ1v) is 4.60. The van der Waals surface area contributed by atoms with Gasteiger partial charge in [0.1, 0.15) is 5.38 Å². The highest BCUT2D eigenvalue weighted by Crippen LogP contribution is 2.26. The molecule has 0 heterocycles. The van der Waals surface area contributed by atoms with Crippen molar-refractivity contribution in [3.63, 3.8) is 0 Å². The van der Waals surface area contributed by atoms with E-state index in [2.05, 4.69) is 4.90 Å². The minimum absolute atomic E-state index is 0.144. The highest BCUT2D eigenvalue weighted by atomic mass is 35.5. The summed E-state index contributed by atoms with van der Waals surface area (Å²) in [5.74, 6) is 0. The third-order valence-corrected chi connectivity index (χ3v) is 2.22. The van der Waals surface area contributed by atoms with Crippen LogP contribution in [0, 0.1) is 11.3 Å². The summed E-state index contributed by atoms with van der Waals surface area (Å²) in [4.78, 5) is 2.08. The van der Waals surface area contributed by atoms with E-state index in [0.717, 1.165) is 0 Å². The monoisotopic (exact) mass is 188 g/mol. The molecule has 68 valence electrons. The number of halogens is 1. The van der Waals surface area contributed by atoms with Gasteiger partial charge in [0.15, 0.2) is 0 Å². The Kier molecular flexibility index (Phi) is 3.80. The van der Waals surface area contributed by atoms with Crippen LogP contribution in [-0.2, 0) is 0 Å². The van der Waals surface area contributed by atoms with Gasteiger partial charge in [-0.1, -0.05) is 0 Å². The molecule has 0 aromatic heterocycles. The van der Waals surface area contributed by atoms with E-state index in [-0.39, 0.29) is 6.61 Å². The summed E-state index contributed by atoms with van der Waals surface area (Å²) in [6, 6.07) is 2.54. The van der Waals surface area contributed by atoms with Gasteiger partial charge in [0.2, 0.25) is 0 Å². The van der Waals surface area contributed by atoms with Crippen LogP contribution in [0.4, 0.5) is 0 Å². The zero-order valence-corrected chi connectivity index (χ0v) is 7.67. The quantitative estimate of drug-likeness (QED) is 0.642. The molecule has 0 saturated heterocycles. The zero-order valence-electron chi connectivity index (χ0n) is 6.91. The van der Waals surface area contributed by atoms with Gasteiger partial charge in [-0.3, -0.25) is 4.90 Å². The van der Waals surface area contributed by atoms with E-state index < -0.39 is 5.38 Å². The Labute approximate surface area is 77.5 Å². The summed E-state index contributed by atoms with van der Waals surface area (Å²) in [5.41, 5.74) is 0. The average molecular weight is 189 g/mol. The first kappa shape index (κ1) is 9.79. The molecule has 12 heavy (non-hydrogen) atoms. The Morgan fingerprint density at radius 3 is 2.75 bits per heavy atom. The van der Waals surface area contributed by atoms with Gasteiger partial charge >= 0.3 is 0 Å². The molecule has 1 saturated carbocycles. The molecule has 1 N–H and O–H groups in total. The molecule has 1 rings (SSSR count). The van der Waals surface area contributed by atoms with Crippen LogP contribution in [0.25, 0.3) is 0 Å². The van der Waals surface area contributed by atoms with Crippen LogP contribution >= 0.6 is 11.6 Å². The second-order valence-electron chi connectivity index (χ2n) is 3.05. The van der Waals surface area contributed by atoms with Gasteiger partial charge in [0, 0.05) is 19.1 Å². The predicted octanol–water partition coefficient (Wildman–Crippen LogP) is 0.574. The predicted molar refractivity (Wildman–Crippen MR) is 46.9 cm³/mol. The summed E-state index contributed by atoms with van der Waals surface area (Å²) < 4.78 is 0. The SMILES string of the molecule is N#CC(Cl)CN(CCO)C1CC1. The lowest BCUT2D eigenvalue weighted by Gasteiger charge is -2.20. The van der Waals surface area contributed by atoms with Gasteiger partial charge in [-0.25, -0.2) is 0 Å². The van der Waals surface area contributed by atoms with E-state index in [1.165, 1.54) is 12.8 Å². The van der Waals surface area contributed by atoms with Crippen molar-refractivity contribution in [1.29, 1.82) is 5.26 Å². The van der Waals surface area contributed by atoms with Crippen molar-refractivity contribution in [1.82, 2.24) is 4.90 Å². The zero-order chi connectivity index (χ0) is 8.97. The molecule has 3 nitrogen and oxygen atoms in total. The summed E-state index contributed by atoms with van der Waals surface area (Å²) in [6.07, 6.45) is 2.35. The topological polar surface area (TPSA) is 47.3 Å². The fourth-order valence-corrected chi connectivity index (χ4v) is 1.42. The van der Waals surface area contributed by atoms with Crippen LogP contribution in [-0.4, -0.2) is 41.1 Å². The van der Waals surface area contributed by atoms with Gasteiger partial charge in [0.05, 0.1) is 12.7 Å². The number of nitrogens with zero attached hydrogens (tertiary/aromatic N) is 2. The maximum Gasteiger partial charge on any atom is 0.133 e. The van der Waals surface area contributed by atoms with Crippen molar-refractivity contribution >= 4 is 11.6 Å². The molecule has 0 aliphatic heterocycles. The standard InChI is InChI=1S/C8H13ClN2O/c9-7(5-10)6-11(3-4-12)8-1-2-8/h7-8,12H,1-4,6H2. The Bertz CT molecular complexity index is 176. The van der Waals surface area contributed by atoms with Gasteiger partial charge in [0.25, 0.3) is 0 Å². The van der Waals surface area contributed by atoms with Crippen LogP contribution in [0.15, 0.2) is 0 Å². The van der Waals surface area contributed by atoms with Crippen molar-refractivity contribution in [3.8, 4) is 6.07 Å². The number of alkyl halides is 1. The fraction of sp³-hybridized carbons (Fsp3) is 0.875. The second-order valence-corrected chi connectivity index (χ2v) is 3.57. The highest BCUT2D eigenvalue weighted by molar-refractivity contribution is 6.22. The van der Waals surface area contributed by atoms with Crippen LogP contribution < -0.4 is 0 Å². The molecule has 1 aliphatic carbocycles. The number of hydrogen-bond donors (Lipinski definition) is 1. The Balaban J connectivity index is 2.28. The second kappa shape index (κ2) is 4.66. The molecule has 0 bridgehead atoms. The molecular weight excluding hydrogens is 176 g/mol. The van der Waals surface area contributed by atoms with Crippen LogP contribution in [0.2, 0.25) is 0 Å². The maximum absolute atomic E-state index is 8.73. The summed E-state index contributed by atoms with van der Waals surface area (Å²) in [7, 11) is 0. The first-order valence-electron chi connectivity index (χ1n) is 4.16. The smallest absolute Gasteiger partial charge is 0.133 e. The normalized spacial score (nSPS) is 19.2. The van der Waals surface area contributed by atoms with Gasteiger partial charge in [-0.05, 0) is 12.8 Å². The molecular formula is C8H13ClN2O. The van der Waals surface area contributed by atoms with Crippen molar-refractivity contribution in [3.05, 3.63) is 0 Å². The van der Waals surface area contributed by atoms with Crippen molar-refractivity contribution in [2.24, 2.45) is 0 Å². The van der Waals surface area contributed by atoms with Gasteiger partial charge in [-0.2, -0.15) is 5.26 Å². The minimum Gasteiger partial charge on any atom is -0.395 e. The molecule has 1 atom stereocenters. The van der Waals surface area contributed by atoms with Crippen LogP contribution in [0.1, 0.15) is 12.8 Å². The lowest BCUT2D eigenvalue weighted by Crippen LogP contribution is -2.34. The Hall–Kier alpha value is -0.300. The van der Waals surface area contributed by atoms with E-state index in [0.29, 0.717) is 19.1 Å². The molecule has 1 fully saturated rings. The molecule has 4 heteroatoms. The molecule has 0 radical (unpaired) electrons. The van der Waals surface area contributed by atoms with E-state index in [4.69, 9.17) is 22.0 Å². The van der Waals surface area contributed by atoms with Gasteiger partial charge in [-0.15, -0.1) is 11.6 Å². The number of nitriles is 1. The lowest BCUT2D eigenvalue weighted by atomic mass is 10.4. The van der Waals surface area contributed by atoms with E-state index in [1.807, 2.05) is 6.07 Å². The third kappa shape index (κ3) is 2.98. The first-order chi connectivity index (χ1) is 5.77. The molecule has 0 aromatic carbocycles. The van der Waals surface area contributed by atoms with E-state index >= 15 is 0 Å². The van der Waals surface area contributed by atoms with Crippen molar-refractivity contribution < 1.29 is 5.11 Å². The lowest BCUT2D eigenvalue weighted by molar-refractivity contribution is 0.193. The molecule has 0 amide bonds. The van der Waals surface area contributed by atoms with Crippen molar-refractivity contribution in [2.75, 3.05) is 19.7 Å². The Morgan fingerprint density at radius 1 is 1.67 bits per heavy atom. The summed E-state index contributed by atoms with van der Waals surface area (Å²) in [6.45, 7) is 1.35. The molecule has 0 spiro atoms. The number of aliphatic hydroxyl groups excluding tert-OH is 1. The molecule has 1 unspecified atom stereocenters. The van der Waals surface area contributed by atoms with Crippen LogP contribution in [0.5, 0.6) is 0 Å². The van der Waals surface area contributed by atoms with E-state index in [1.54, 1.807) is 0 Å². The molecule has 1 aliphatic rings. The number of rotatable bonds is 5. The summed E-state index contributed by atoms with van der Waals surface area (Å²) >= 11 is 5.68. The van der Waals surface area contributed by atoms with Crippen molar-refractivity contribution in [2.45, 2.75) is 24.3 Å². The maximum atomic E-state index is 8.73. The average Bonchev–Trinajstić information content (AvgIpc) is 2.86. The fourth-order valence-electron chi connectivity index (χ4n) is 1.24. The van der Waals surface area contributed by atoms with Gasteiger partial charge < -0.3 is 5.11 Å². The summed E-state index contributed by atoms with van der Waals surface area (Å²) in [5, 5.41) is 16.8. The largest absolute Gasteiger partial charge is 0.395 e. The number of aliphatic hydroxyl groups is 1. The highest BCUT2D eigenvalue weighted by Gasteiger charge is 2.29. The van der Waals surface area contributed by atoms with Crippen LogP contribution in [0.3, 0.4) is 0 Å². The third-order valence-electron chi connectivity index (χ3n) is 1.99. The Morgan fingerprint density at radius 2 is 2.33 bits per heavy atom. The minimum atomic E-state index is -0.447. The molecule has 0 aromatic rings. The van der Waals surface area contributed by atoms with E-state index in [9.17, 15) is 0 Å².